The summed E-state index contributed by atoms with van der Waals surface area (Å²) in [5.74, 6) is 1.17. The molecular weight excluding hydrogens is 368 g/mol. The highest BCUT2D eigenvalue weighted by molar-refractivity contribution is 5.79. The molecule has 1 aliphatic rings. The van der Waals surface area contributed by atoms with E-state index in [1.807, 2.05) is 20.0 Å². The van der Waals surface area contributed by atoms with Crippen molar-refractivity contribution in [2.75, 3.05) is 0 Å². The Bertz CT molecular complexity index is 1030. The van der Waals surface area contributed by atoms with Gasteiger partial charge in [-0.05, 0) is 32.1 Å². The molecule has 0 spiro atoms. The first kappa shape index (κ1) is 19.2. The highest BCUT2D eigenvalue weighted by Gasteiger charge is 2.34. The number of amides is 1. The second kappa shape index (κ2) is 7.35. The molecule has 8 nitrogen and oxygen atoms in total. The Morgan fingerprint density at radius 3 is 2.76 bits per heavy atom. The molecule has 0 fully saturated rings. The molecule has 0 radical (unpaired) electrons. The first-order valence-corrected chi connectivity index (χ1v) is 9.66. The van der Waals surface area contributed by atoms with Gasteiger partial charge in [-0.2, -0.15) is 0 Å². The molecule has 0 saturated carbocycles. The SMILES string of the molecule is Cc1noc(C)c1CC(=O)N[C@H]1CC(C)(C)Cc2nc(-c3cnccn3)ncc21. The van der Waals surface area contributed by atoms with Gasteiger partial charge in [0.1, 0.15) is 11.5 Å². The minimum atomic E-state index is -0.141. The van der Waals surface area contributed by atoms with Gasteiger partial charge in [-0.3, -0.25) is 9.78 Å². The minimum absolute atomic E-state index is 0.00195. The first-order chi connectivity index (χ1) is 13.8. The van der Waals surface area contributed by atoms with Crippen LogP contribution >= 0.6 is 0 Å². The summed E-state index contributed by atoms with van der Waals surface area (Å²) in [4.78, 5) is 30.4. The van der Waals surface area contributed by atoms with E-state index in [2.05, 4.69) is 39.3 Å². The van der Waals surface area contributed by atoms with Crippen LogP contribution in [0.15, 0.2) is 29.3 Å². The molecule has 4 rings (SSSR count). The summed E-state index contributed by atoms with van der Waals surface area (Å²) in [7, 11) is 0. The molecule has 3 aromatic rings. The van der Waals surface area contributed by atoms with Gasteiger partial charge in [-0.25, -0.2) is 15.0 Å². The number of hydrogen-bond acceptors (Lipinski definition) is 7. The maximum absolute atomic E-state index is 12.8. The van der Waals surface area contributed by atoms with Crippen LogP contribution in [0.4, 0.5) is 0 Å². The molecule has 3 heterocycles. The van der Waals surface area contributed by atoms with E-state index in [4.69, 9.17) is 9.51 Å². The molecule has 1 amide bonds. The quantitative estimate of drug-likeness (QED) is 0.727. The van der Waals surface area contributed by atoms with Gasteiger partial charge in [0.15, 0.2) is 5.82 Å². The lowest BCUT2D eigenvalue weighted by atomic mass is 9.74. The summed E-state index contributed by atoms with van der Waals surface area (Å²) in [6.07, 6.45) is 8.58. The van der Waals surface area contributed by atoms with Crippen LogP contribution in [0, 0.1) is 19.3 Å². The number of carbonyl (C=O) groups is 1. The average molecular weight is 392 g/mol. The Labute approximate surface area is 169 Å². The Balaban J connectivity index is 1.59. The number of nitrogens with one attached hydrogen (secondary N) is 1. The molecule has 0 saturated heterocycles. The van der Waals surface area contributed by atoms with E-state index in [0.29, 0.717) is 17.3 Å². The van der Waals surface area contributed by atoms with Gasteiger partial charge in [-0.15, -0.1) is 0 Å². The molecule has 3 aromatic heterocycles. The van der Waals surface area contributed by atoms with Gasteiger partial charge in [0.05, 0.1) is 30.0 Å². The van der Waals surface area contributed by atoms with E-state index in [1.165, 1.54) is 0 Å². The van der Waals surface area contributed by atoms with Gasteiger partial charge in [0.2, 0.25) is 5.91 Å². The summed E-state index contributed by atoms with van der Waals surface area (Å²) in [5.41, 5.74) is 4.13. The molecular formula is C21H24N6O2. The smallest absolute Gasteiger partial charge is 0.225 e. The van der Waals surface area contributed by atoms with Gasteiger partial charge < -0.3 is 9.84 Å². The summed E-state index contributed by atoms with van der Waals surface area (Å²) in [5, 5.41) is 7.09. The Morgan fingerprint density at radius 2 is 2.07 bits per heavy atom. The van der Waals surface area contributed by atoms with Crippen molar-refractivity contribution in [3.05, 3.63) is 53.1 Å². The van der Waals surface area contributed by atoms with Crippen molar-refractivity contribution in [3.63, 3.8) is 0 Å². The lowest BCUT2D eigenvalue weighted by molar-refractivity contribution is -0.121. The van der Waals surface area contributed by atoms with E-state index in [1.54, 1.807) is 18.6 Å². The van der Waals surface area contributed by atoms with Crippen molar-refractivity contribution < 1.29 is 9.32 Å². The van der Waals surface area contributed by atoms with Crippen LogP contribution in [0.25, 0.3) is 11.5 Å². The van der Waals surface area contributed by atoms with Gasteiger partial charge in [0.25, 0.3) is 0 Å². The lowest BCUT2D eigenvalue weighted by Crippen LogP contribution is -2.38. The van der Waals surface area contributed by atoms with Crippen LogP contribution in [-0.4, -0.2) is 31.0 Å². The second-order valence-electron chi connectivity index (χ2n) is 8.33. The number of carbonyl (C=O) groups excluding carboxylic acids is 1. The molecule has 29 heavy (non-hydrogen) atoms. The van der Waals surface area contributed by atoms with Crippen LogP contribution in [0.2, 0.25) is 0 Å². The van der Waals surface area contributed by atoms with Crippen LogP contribution in [0.1, 0.15) is 54.6 Å². The summed E-state index contributed by atoms with van der Waals surface area (Å²) in [6, 6.07) is -0.141. The molecule has 0 unspecified atom stereocenters. The molecule has 0 bridgehead atoms. The van der Waals surface area contributed by atoms with Gasteiger partial charge in [0, 0.05) is 29.7 Å². The fraction of sp³-hybridized carbons (Fsp3) is 0.429. The van der Waals surface area contributed by atoms with Gasteiger partial charge >= 0.3 is 0 Å². The van der Waals surface area contributed by atoms with Crippen molar-refractivity contribution in [2.24, 2.45) is 5.41 Å². The van der Waals surface area contributed by atoms with Crippen molar-refractivity contribution in [1.29, 1.82) is 0 Å². The highest BCUT2D eigenvalue weighted by atomic mass is 16.5. The predicted octanol–water partition coefficient (Wildman–Crippen LogP) is 2.91. The highest BCUT2D eigenvalue weighted by Crippen LogP contribution is 2.40. The molecule has 150 valence electrons. The normalized spacial score (nSPS) is 17.6. The van der Waals surface area contributed by atoms with Crippen molar-refractivity contribution in [2.45, 2.75) is 53.0 Å². The number of fused-ring (bicyclic) bond motifs is 1. The largest absolute Gasteiger partial charge is 0.361 e. The Hall–Kier alpha value is -3.16. The fourth-order valence-electron chi connectivity index (χ4n) is 3.87. The van der Waals surface area contributed by atoms with Crippen LogP contribution < -0.4 is 5.32 Å². The summed E-state index contributed by atoms with van der Waals surface area (Å²) < 4.78 is 5.17. The van der Waals surface area contributed by atoms with E-state index in [9.17, 15) is 4.79 Å². The van der Waals surface area contributed by atoms with E-state index in [-0.39, 0.29) is 23.8 Å². The number of nitrogens with zero attached hydrogens (tertiary/aromatic N) is 5. The predicted molar refractivity (Wildman–Crippen MR) is 106 cm³/mol. The fourth-order valence-corrected chi connectivity index (χ4v) is 3.87. The number of rotatable bonds is 4. The topological polar surface area (TPSA) is 107 Å². The maximum atomic E-state index is 12.8. The molecule has 1 atom stereocenters. The molecule has 0 aliphatic heterocycles. The van der Waals surface area contributed by atoms with E-state index in [0.717, 1.165) is 35.4 Å². The van der Waals surface area contributed by atoms with E-state index >= 15 is 0 Å². The van der Waals surface area contributed by atoms with Gasteiger partial charge in [-0.1, -0.05) is 19.0 Å². The molecule has 1 N–H and O–H groups in total. The zero-order valence-electron chi connectivity index (χ0n) is 17.1. The monoisotopic (exact) mass is 392 g/mol. The molecule has 1 aliphatic carbocycles. The van der Waals surface area contributed by atoms with Crippen molar-refractivity contribution >= 4 is 5.91 Å². The third-order valence-corrected chi connectivity index (χ3v) is 5.32. The Kier molecular flexibility index (Phi) is 4.86. The summed E-state index contributed by atoms with van der Waals surface area (Å²) in [6.45, 7) is 8.05. The third kappa shape index (κ3) is 4.01. The van der Waals surface area contributed by atoms with Crippen molar-refractivity contribution in [1.82, 2.24) is 30.4 Å². The van der Waals surface area contributed by atoms with Crippen LogP contribution in [0.5, 0.6) is 0 Å². The zero-order valence-corrected chi connectivity index (χ0v) is 17.1. The van der Waals surface area contributed by atoms with Crippen LogP contribution in [-0.2, 0) is 17.6 Å². The first-order valence-electron chi connectivity index (χ1n) is 9.66. The minimum Gasteiger partial charge on any atom is -0.361 e. The summed E-state index contributed by atoms with van der Waals surface area (Å²) >= 11 is 0. The maximum Gasteiger partial charge on any atom is 0.225 e. The second-order valence-corrected chi connectivity index (χ2v) is 8.33. The average Bonchev–Trinajstić information content (AvgIpc) is 2.99. The number of aromatic nitrogens is 5. The van der Waals surface area contributed by atoms with Crippen LogP contribution in [0.3, 0.4) is 0 Å². The number of hydrogen-bond donors (Lipinski definition) is 1. The molecule has 0 aromatic carbocycles. The molecule has 8 heteroatoms. The van der Waals surface area contributed by atoms with E-state index < -0.39 is 0 Å². The standard InChI is InChI=1S/C21H24N6O2/c1-12-14(13(2)29-27-12)7-19(28)25-16-8-21(3,4)9-17-15(16)10-24-20(26-17)18-11-22-5-6-23-18/h5-6,10-11,16H,7-9H2,1-4H3,(H,25,28)/t16-/m0/s1. The zero-order chi connectivity index (χ0) is 20.6. The lowest BCUT2D eigenvalue weighted by Gasteiger charge is -2.36. The Morgan fingerprint density at radius 1 is 1.24 bits per heavy atom. The van der Waals surface area contributed by atoms with Crippen molar-refractivity contribution in [3.8, 4) is 11.5 Å². The number of aryl methyl sites for hydroxylation is 2. The third-order valence-electron chi connectivity index (χ3n) is 5.32.